The average molecular weight is 539 g/mol. The van der Waals surface area contributed by atoms with Gasteiger partial charge in [-0.25, -0.2) is 8.42 Å². The molecule has 0 aliphatic carbocycles. The lowest BCUT2D eigenvalue weighted by molar-refractivity contribution is -0.0517. The number of hydrogen-bond acceptors (Lipinski definition) is 3. The molecule has 196 valence electrons. The highest BCUT2D eigenvalue weighted by Gasteiger charge is 2.37. The van der Waals surface area contributed by atoms with Crippen molar-refractivity contribution >= 4 is 34.0 Å². The monoisotopic (exact) mass is 538 g/mol. The molecule has 0 amide bonds. The Labute approximate surface area is 214 Å². The van der Waals surface area contributed by atoms with Crippen LogP contribution in [0.15, 0.2) is 72.8 Å². The maximum Gasteiger partial charge on any atom is 0.485 e. The van der Waals surface area contributed by atoms with Gasteiger partial charge in [-0.2, -0.15) is 13.2 Å². The van der Waals surface area contributed by atoms with E-state index in [2.05, 4.69) is 93.6 Å². The highest BCUT2D eigenvalue weighted by molar-refractivity contribution is 7.86. The second-order valence-electron chi connectivity index (χ2n) is 8.62. The normalized spacial score (nSPS) is 11.8. The molecule has 3 nitrogen and oxygen atoms in total. The van der Waals surface area contributed by atoms with Crippen molar-refractivity contribution in [2.75, 3.05) is 0 Å². The molecule has 0 N–H and O–H groups in total. The van der Waals surface area contributed by atoms with Crippen LogP contribution in [0.3, 0.4) is 0 Å². The second kappa shape index (κ2) is 13.9. The molecular weight excluding hydrogens is 504 g/mol. The largest absolute Gasteiger partial charge is 0.741 e. The summed E-state index contributed by atoms with van der Waals surface area (Å²) in [6, 6.07) is 28.2. The molecule has 0 fully saturated rings. The maximum absolute atomic E-state index is 10.7. The van der Waals surface area contributed by atoms with Gasteiger partial charge in [-0.3, -0.25) is 0 Å². The first-order valence-corrected chi connectivity index (χ1v) is 15.1. The van der Waals surface area contributed by atoms with E-state index < -0.39 is 23.5 Å². The molecule has 0 unspecified atom stereocenters. The van der Waals surface area contributed by atoms with Crippen molar-refractivity contribution in [2.45, 2.75) is 64.8 Å². The first-order chi connectivity index (χ1) is 17.0. The van der Waals surface area contributed by atoms with Crippen LogP contribution in [0.1, 0.15) is 56.7 Å². The Kier molecular flexibility index (Phi) is 11.6. The van der Waals surface area contributed by atoms with Gasteiger partial charge in [0.25, 0.3) is 0 Å². The van der Waals surface area contributed by atoms with Gasteiger partial charge in [0, 0.05) is 0 Å². The minimum Gasteiger partial charge on any atom is -0.741 e. The van der Waals surface area contributed by atoms with Crippen molar-refractivity contribution in [3.8, 4) is 0 Å². The van der Waals surface area contributed by atoms with Crippen LogP contribution in [-0.4, -0.2) is 18.5 Å². The molecule has 0 atom stereocenters. The molecule has 0 aliphatic heterocycles. The standard InChI is InChI=1S/C27H33P.CHF3O3S/c1-4-7-22-10-16-25(17-11-22)28(26-18-12-23(8-5-2)13-19-26)27-20-14-24(9-6-3)15-21-27;2-1(3,4)8(5,6)7/h10-21H,4-9H2,1-3H3;(H,5,6,7). The van der Waals surface area contributed by atoms with Crippen LogP contribution in [-0.2, 0) is 29.4 Å². The van der Waals surface area contributed by atoms with Crippen LogP contribution >= 0.6 is 7.92 Å². The highest BCUT2D eigenvalue weighted by atomic mass is 32.2. The minimum atomic E-state index is -6.09. The molecule has 8 heteroatoms. The average Bonchev–Trinajstić information content (AvgIpc) is 2.82. The Hall–Kier alpha value is -2.21. The van der Waals surface area contributed by atoms with Crippen molar-refractivity contribution < 1.29 is 26.1 Å². The van der Waals surface area contributed by atoms with Gasteiger partial charge >= 0.3 is 5.51 Å². The lowest BCUT2D eigenvalue weighted by Gasteiger charge is -2.13. The van der Waals surface area contributed by atoms with E-state index in [0.717, 1.165) is 0 Å². The zero-order chi connectivity index (χ0) is 26.8. The summed E-state index contributed by atoms with van der Waals surface area (Å²) in [6.07, 6.45) is 7.11. The third-order valence-electron chi connectivity index (χ3n) is 5.63. The van der Waals surface area contributed by atoms with E-state index in [1.165, 1.54) is 71.1 Å². The van der Waals surface area contributed by atoms with Gasteiger partial charge in [0.15, 0.2) is 10.1 Å². The van der Waals surface area contributed by atoms with Crippen molar-refractivity contribution in [2.24, 2.45) is 0 Å². The summed E-state index contributed by atoms with van der Waals surface area (Å²) in [6.45, 7) is 6.75. The van der Waals surface area contributed by atoms with Crippen LogP contribution in [0.25, 0.3) is 0 Å². The van der Waals surface area contributed by atoms with Gasteiger partial charge in [-0.1, -0.05) is 76.4 Å². The fourth-order valence-electron chi connectivity index (χ4n) is 3.88. The van der Waals surface area contributed by atoms with Crippen LogP contribution in [0.2, 0.25) is 0 Å². The summed E-state index contributed by atoms with van der Waals surface area (Å²) in [5.74, 6) is 0. The Morgan fingerprint density at radius 3 is 1.00 bits per heavy atom. The first-order valence-electron chi connectivity index (χ1n) is 12.2. The SMILES string of the molecule is CCCc1ccc([PH+](c2ccc(CCC)cc2)c2ccc(CCC)cc2)cc1.O=S(=O)([O-])C(F)(F)F. The highest BCUT2D eigenvalue weighted by Crippen LogP contribution is 2.33. The molecule has 3 rings (SSSR count). The first kappa shape index (κ1) is 30.0. The molecule has 0 aliphatic rings. The summed E-state index contributed by atoms with van der Waals surface area (Å²) >= 11 is 0. The summed E-state index contributed by atoms with van der Waals surface area (Å²) in [5.41, 5.74) is -1.30. The van der Waals surface area contributed by atoms with Crippen molar-refractivity contribution in [3.05, 3.63) is 89.5 Å². The van der Waals surface area contributed by atoms with Crippen LogP contribution in [0, 0.1) is 0 Å². The van der Waals surface area contributed by atoms with E-state index >= 15 is 0 Å². The molecule has 0 saturated carbocycles. The van der Waals surface area contributed by atoms with Gasteiger partial charge in [0.2, 0.25) is 0 Å². The number of aryl methyl sites for hydroxylation is 3. The van der Waals surface area contributed by atoms with Gasteiger partial charge < -0.3 is 4.55 Å². The van der Waals surface area contributed by atoms with Gasteiger partial charge in [0.05, 0.1) is 7.92 Å². The third-order valence-corrected chi connectivity index (χ3v) is 8.93. The van der Waals surface area contributed by atoms with E-state index in [0.29, 0.717) is 0 Å². The quantitative estimate of drug-likeness (QED) is 0.188. The fraction of sp³-hybridized carbons (Fsp3) is 0.357. The summed E-state index contributed by atoms with van der Waals surface area (Å²) < 4.78 is 58.9. The van der Waals surface area contributed by atoms with E-state index in [4.69, 9.17) is 13.0 Å². The molecule has 3 aromatic carbocycles. The molecule has 0 heterocycles. The summed E-state index contributed by atoms with van der Waals surface area (Å²) in [7, 11) is -7.06. The number of halogens is 3. The number of rotatable bonds is 9. The van der Waals surface area contributed by atoms with Crippen molar-refractivity contribution in [3.63, 3.8) is 0 Å². The number of hydrogen-bond donors (Lipinski definition) is 0. The molecule has 0 spiro atoms. The zero-order valence-corrected chi connectivity index (χ0v) is 22.8. The van der Waals surface area contributed by atoms with Crippen LogP contribution < -0.4 is 15.9 Å². The third kappa shape index (κ3) is 9.02. The number of benzene rings is 3. The summed E-state index contributed by atoms with van der Waals surface area (Å²) in [4.78, 5) is 0. The minimum absolute atomic E-state index is 0.971. The lowest BCUT2D eigenvalue weighted by Crippen LogP contribution is -2.21. The zero-order valence-electron chi connectivity index (χ0n) is 20.9. The summed E-state index contributed by atoms with van der Waals surface area (Å²) in [5, 5.41) is 4.45. The van der Waals surface area contributed by atoms with Crippen molar-refractivity contribution in [1.82, 2.24) is 0 Å². The molecule has 3 aromatic rings. The van der Waals surface area contributed by atoms with Gasteiger partial charge in [-0.05, 0) is 72.4 Å². The predicted octanol–water partition coefficient (Wildman–Crippen LogP) is 6.09. The molecule has 0 radical (unpaired) electrons. The van der Waals surface area contributed by atoms with Crippen LogP contribution in [0.4, 0.5) is 13.2 Å². The smallest absolute Gasteiger partial charge is 0.485 e. The van der Waals surface area contributed by atoms with Crippen molar-refractivity contribution in [1.29, 1.82) is 0 Å². The Morgan fingerprint density at radius 2 is 0.833 bits per heavy atom. The number of alkyl halides is 3. The molecular formula is C28H34F3O3PS. The Bertz CT molecular complexity index is 1040. The Morgan fingerprint density at radius 1 is 0.611 bits per heavy atom. The van der Waals surface area contributed by atoms with Gasteiger partial charge in [0.1, 0.15) is 15.9 Å². The predicted molar refractivity (Wildman–Crippen MR) is 144 cm³/mol. The maximum atomic E-state index is 10.7. The topological polar surface area (TPSA) is 57.2 Å². The van der Waals surface area contributed by atoms with E-state index in [1.54, 1.807) is 0 Å². The molecule has 0 bridgehead atoms. The molecule has 0 saturated heterocycles. The van der Waals surface area contributed by atoms with E-state index in [9.17, 15) is 13.2 Å². The lowest BCUT2D eigenvalue weighted by atomic mass is 10.1. The second-order valence-corrected chi connectivity index (χ2v) is 12.5. The molecule has 0 aromatic heterocycles. The van der Waals surface area contributed by atoms with E-state index in [-0.39, 0.29) is 0 Å². The van der Waals surface area contributed by atoms with E-state index in [1.807, 2.05) is 0 Å². The Balaban J connectivity index is 0.000000493. The van der Waals surface area contributed by atoms with Gasteiger partial charge in [-0.15, -0.1) is 0 Å². The van der Waals surface area contributed by atoms with Crippen LogP contribution in [0.5, 0.6) is 0 Å². The fourth-order valence-corrected chi connectivity index (χ4v) is 6.38. The molecule has 36 heavy (non-hydrogen) atoms.